The van der Waals surface area contributed by atoms with Crippen LogP contribution in [0.25, 0.3) is 10.6 Å². The zero-order chi connectivity index (χ0) is 9.26. The van der Waals surface area contributed by atoms with Gasteiger partial charge in [0.05, 0.1) is 0 Å². The van der Waals surface area contributed by atoms with Crippen molar-refractivity contribution in [3.63, 3.8) is 0 Å². The van der Waals surface area contributed by atoms with E-state index in [1.807, 2.05) is 22.6 Å². The Kier molecular flexibility index (Phi) is 2.54. The summed E-state index contributed by atoms with van der Waals surface area (Å²) in [6.45, 7) is 0. The predicted molar refractivity (Wildman–Crippen MR) is 58.0 cm³/mol. The van der Waals surface area contributed by atoms with Crippen LogP contribution in [0.3, 0.4) is 0 Å². The molecule has 13 heavy (non-hydrogen) atoms. The molecule has 2 nitrogen and oxygen atoms in total. The Labute approximate surface area is 92.1 Å². The zero-order valence-corrected chi connectivity index (χ0v) is 9.34. The van der Waals surface area contributed by atoms with Crippen LogP contribution in [0.4, 0.5) is 4.39 Å². The van der Waals surface area contributed by atoms with Crippen molar-refractivity contribution in [2.24, 2.45) is 0 Å². The summed E-state index contributed by atoms with van der Waals surface area (Å²) in [7, 11) is 0. The second-order valence-electron chi connectivity index (χ2n) is 2.35. The maximum atomic E-state index is 13.2. The molecule has 1 aromatic carbocycles. The van der Waals surface area contributed by atoms with Gasteiger partial charge in [0, 0.05) is 28.2 Å². The third kappa shape index (κ3) is 1.86. The molecule has 0 unspecified atom stereocenters. The van der Waals surface area contributed by atoms with Crippen LogP contribution in [0, 0.1) is 9.65 Å². The van der Waals surface area contributed by atoms with Gasteiger partial charge in [-0.3, -0.25) is 0 Å². The number of halogens is 2. The second-order valence-corrected chi connectivity index (χ2v) is 4.07. The first-order valence-corrected chi connectivity index (χ1v) is 5.36. The molecule has 2 rings (SSSR count). The summed E-state index contributed by atoms with van der Waals surface area (Å²) in [5.41, 5.74) is 0.517. The largest absolute Gasteiger partial charge is 0.209 e. The van der Waals surface area contributed by atoms with E-state index in [0.29, 0.717) is 14.4 Å². The summed E-state index contributed by atoms with van der Waals surface area (Å²) in [6.07, 6.45) is 0. The molecule has 0 saturated carbocycles. The van der Waals surface area contributed by atoms with Crippen molar-refractivity contribution in [1.82, 2.24) is 9.36 Å². The molecule has 0 fully saturated rings. The van der Waals surface area contributed by atoms with E-state index in [2.05, 4.69) is 9.36 Å². The number of nitrogens with zero attached hydrogens (tertiary/aromatic N) is 2. The van der Waals surface area contributed by atoms with Crippen molar-refractivity contribution in [2.45, 2.75) is 0 Å². The second kappa shape index (κ2) is 3.67. The molecule has 2 aromatic rings. The molecule has 0 radical (unpaired) electrons. The summed E-state index contributed by atoms with van der Waals surface area (Å²) >= 11 is 3.21. The van der Waals surface area contributed by atoms with Gasteiger partial charge in [0.25, 0.3) is 0 Å². The minimum absolute atomic E-state index is 0.255. The van der Waals surface area contributed by atoms with Gasteiger partial charge in [0.2, 0.25) is 3.83 Å². The van der Waals surface area contributed by atoms with Gasteiger partial charge in [0.15, 0.2) is 0 Å². The first-order chi connectivity index (χ1) is 6.27. The molecule has 66 valence electrons. The minimum Gasteiger partial charge on any atom is -0.209 e. The Hall–Kier alpha value is -0.560. The van der Waals surface area contributed by atoms with Crippen molar-refractivity contribution in [1.29, 1.82) is 0 Å². The number of hydrogen-bond donors (Lipinski definition) is 0. The average Bonchev–Trinajstić information content (AvgIpc) is 2.53. The van der Waals surface area contributed by atoms with Gasteiger partial charge in [-0.15, -0.1) is 0 Å². The van der Waals surface area contributed by atoms with Gasteiger partial charge in [-0.05, 0) is 23.7 Å². The molecule has 0 N–H and O–H groups in total. The van der Waals surface area contributed by atoms with Gasteiger partial charge in [0.1, 0.15) is 10.8 Å². The molecule has 1 aromatic heterocycles. The van der Waals surface area contributed by atoms with Crippen molar-refractivity contribution in [2.75, 3.05) is 0 Å². The van der Waals surface area contributed by atoms with Crippen LogP contribution in [0.2, 0.25) is 0 Å². The van der Waals surface area contributed by atoms with Gasteiger partial charge >= 0.3 is 0 Å². The fourth-order valence-corrected chi connectivity index (χ4v) is 2.24. The zero-order valence-electron chi connectivity index (χ0n) is 6.37. The van der Waals surface area contributed by atoms with Crippen LogP contribution < -0.4 is 0 Å². The smallest absolute Gasteiger partial charge is 0.203 e. The molecule has 0 bridgehead atoms. The summed E-state index contributed by atoms with van der Waals surface area (Å²) in [5.74, 6) is -0.255. The Morgan fingerprint density at radius 3 is 2.69 bits per heavy atom. The maximum absolute atomic E-state index is 13.2. The maximum Gasteiger partial charge on any atom is 0.203 e. The highest BCUT2D eigenvalue weighted by molar-refractivity contribution is 14.1. The van der Waals surface area contributed by atoms with Gasteiger partial charge < -0.3 is 0 Å². The molecule has 1 heterocycles. The molecule has 0 atom stereocenters. The molecule has 0 aliphatic rings. The van der Waals surface area contributed by atoms with Crippen LogP contribution in [0.1, 0.15) is 0 Å². The lowest BCUT2D eigenvalue weighted by atomic mass is 10.2. The molecule has 0 amide bonds. The van der Waals surface area contributed by atoms with Gasteiger partial charge in [-0.2, -0.15) is 4.37 Å². The Morgan fingerprint density at radius 2 is 2.08 bits per heavy atom. The van der Waals surface area contributed by atoms with Crippen LogP contribution in [-0.2, 0) is 0 Å². The van der Waals surface area contributed by atoms with Crippen LogP contribution in [0.5, 0.6) is 0 Å². The molecule has 0 saturated heterocycles. The lowest BCUT2D eigenvalue weighted by Gasteiger charge is -1.95. The molecule has 0 aliphatic carbocycles. The topological polar surface area (TPSA) is 25.8 Å². The van der Waals surface area contributed by atoms with Crippen molar-refractivity contribution >= 4 is 34.1 Å². The average molecular weight is 306 g/mol. The fraction of sp³-hybridized carbons (Fsp3) is 0. The van der Waals surface area contributed by atoms with Crippen LogP contribution in [-0.4, -0.2) is 9.36 Å². The monoisotopic (exact) mass is 306 g/mol. The van der Waals surface area contributed by atoms with Gasteiger partial charge in [-0.25, -0.2) is 9.37 Å². The van der Waals surface area contributed by atoms with Gasteiger partial charge in [-0.1, -0.05) is 12.1 Å². The Bertz CT molecular complexity index is 430. The first-order valence-electron chi connectivity index (χ1n) is 3.51. The highest BCUT2D eigenvalue weighted by Gasteiger charge is 2.08. The SMILES string of the molecule is Fc1ccccc1-c1nc(I)ns1. The number of aromatic nitrogens is 2. The molecule has 5 heteroatoms. The predicted octanol–water partition coefficient (Wildman–Crippen LogP) is 2.95. The van der Waals surface area contributed by atoms with Crippen LogP contribution >= 0.6 is 34.1 Å². The van der Waals surface area contributed by atoms with E-state index in [1.54, 1.807) is 18.2 Å². The molecule has 0 spiro atoms. The van der Waals surface area contributed by atoms with E-state index in [0.717, 1.165) is 0 Å². The Morgan fingerprint density at radius 1 is 1.31 bits per heavy atom. The minimum atomic E-state index is -0.255. The Balaban J connectivity index is 2.52. The lowest BCUT2D eigenvalue weighted by molar-refractivity contribution is 0.631. The summed E-state index contributed by atoms with van der Waals surface area (Å²) in [5, 5.41) is 0.627. The number of hydrogen-bond acceptors (Lipinski definition) is 3. The summed E-state index contributed by atoms with van der Waals surface area (Å²) < 4.78 is 17.9. The van der Waals surface area contributed by atoms with E-state index in [4.69, 9.17) is 0 Å². The van der Waals surface area contributed by atoms with E-state index in [1.165, 1.54) is 17.6 Å². The highest BCUT2D eigenvalue weighted by Crippen LogP contribution is 2.24. The van der Waals surface area contributed by atoms with Crippen LogP contribution in [0.15, 0.2) is 24.3 Å². The summed E-state index contributed by atoms with van der Waals surface area (Å²) in [6, 6.07) is 6.56. The molecular weight excluding hydrogens is 302 g/mol. The van der Waals surface area contributed by atoms with E-state index < -0.39 is 0 Å². The number of benzene rings is 1. The standard InChI is InChI=1S/C8H4FIN2S/c9-6-4-2-1-3-5(6)7-11-8(10)12-13-7/h1-4H. The fourth-order valence-electron chi connectivity index (χ4n) is 0.950. The van der Waals surface area contributed by atoms with E-state index in [-0.39, 0.29) is 5.82 Å². The first kappa shape index (κ1) is 9.01. The summed E-state index contributed by atoms with van der Waals surface area (Å²) in [4.78, 5) is 4.10. The third-order valence-corrected chi connectivity index (χ3v) is 3.06. The molecule has 0 aliphatic heterocycles. The van der Waals surface area contributed by atoms with Crippen molar-refractivity contribution in [3.8, 4) is 10.6 Å². The normalized spacial score (nSPS) is 10.3. The van der Waals surface area contributed by atoms with E-state index in [9.17, 15) is 4.39 Å². The van der Waals surface area contributed by atoms with E-state index >= 15 is 0 Å². The highest BCUT2D eigenvalue weighted by atomic mass is 127. The third-order valence-electron chi connectivity index (χ3n) is 1.51. The number of rotatable bonds is 1. The van der Waals surface area contributed by atoms with Crippen molar-refractivity contribution < 1.29 is 4.39 Å². The van der Waals surface area contributed by atoms with Crippen molar-refractivity contribution in [3.05, 3.63) is 33.9 Å². The molecular formula is C8H4FIN2S. The lowest BCUT2D eigenvalue weighted by Crippen LogP contribution is -1.82. The quantitative estimate of drug-likeness (QED) is 0.757.